The van der Waals surface area contributed by atoms with Gasteiger partial charge in [-0.2, -0.15) is 5.26 Å². The fourth-order valence-corrected chi connectivity index (χ4v) is 2.16. The molecule has 2 rings (SSSR count). The van der Waals surface area contributed by atoms with Crippen molar-refractivity contribution in [2.75, 3.05) is 13.7 Å². The first-order valence-electron chi connectivity index (χ1n) is 7.22. The summed E-state index contributed by atoms with van der Waals surface area (Å²) in [6.07, 6.45) is 1.53. The predicted octanol–water partition coefficient (Wildman–Crippen LogP) is 3.88. The standard InChI is InChI=1S/C19H17NO3/c1-3-23-19-15(10-7-11-17(19)22-2)12-16(13-20)18(21)14-8-5-4-6-9-14/h4-12H,3H2,1-2H3. The zero-order chi connectivity index (χ0) is 16.7. The third-order valence-electron chi connectivity index (χ3n) is 3.22. The van der Waals surface area contributed by atoms with Crippen LogP contribution in [-0.4, -0.2) is 19.5 Å². The summed E-state index contributed by atoms with van der Waals surface area (Å²) in [6, 6.07) is 16.0. The number of para-hydroxylation sites is 1. The summed E-state index contributed by atoms with van der Waals surface area (Å²) in [5.74, 6) is 0.759. The van der Waals surface area contributed by atoms with E-state index in [0.717, 1.165) is 0 Å². The Morgan fingerprint density at radius 3 is 2.52 bits per heavy atom. The number of rotatable bonds is 6. The van der Waals surface area contributed by atoms with Crippen LogP contribution in [0.3, 0.4) is 0 Å². The molecule has 0 aliphatic rings. The van der Waals surface area contributed by atoms with Crippen LogP contribution in [0.4, 0.5) is 0 Å². The molecule has 23 heavy (non-hydrogen) atoms. The molecule has 0 unspecified atom stereocenters. The number of carbonyl (C=O) groups excluding carboxylic acids is 1. The number of hydrogen-bond acceptors (Lipinski definition) is 4. The first-order valence-corrected chi connectivity index (χ1v) is 7.22. The summed E-state index contributed by atoms with van der Waals surface area (Å²) in [4.78, 5) is 12.4. The maximum Gasteiger partial charge on any atom is 0.203 e. The topological polar surface area (TPSA) is 59.3 Å². The average Bonchev–Trinajstić information content (AvgIpc) is 2.61. The van der Waals surface area contributed by atoms with E-state index in [1.807, 2.05) is 19.1 Å². The van der Waals surface area contributed by atoms with E-state index in [1.54, 1.807) is 49.6 Å². The van der Waals surface area contributed by atoms with Crippen molar-refractivity contribution in [2.45, 2.75) is 6.92 Å². The van der Waals surface area contributed by atoms with Crippen molar-refractivity contribution in [1.82, 2.24) is 0 Å². The van der Waals surface area contributed by atoms with Gasteiger partial charge in [0.05, 0.1) is 13.7 Å². The second-order valence-corrected chi connectivity index (χ2v) is 4.68. The van der Waals surface area contributed by atoms with Gasteiger partial charge in [0.1, 0.15) is 11.6 Å². The lowest BCUT2D eigenvalue weighted by Gasteiger charge is -2.12. The quantitative estimate of drug-likeness (QED) is 0.461. The number of allylic oxidation sites excluding steroid dienone is 1. The van der Waals surface area contributed by atoms with Gasteiger partial charge in [0.25, 0.3) is 0 Å². The van der Waals surface area contributed by atoms with Crippen LogP contribution in [0.5, 0.6) is 11.5 Å². The third-order valence-corrected chi connectivity index (χ3v) is 3.22. The molecule has 0 bridgehead atoms. The first kappa shape index (κ1) is 16.3. The van der Waals surface area contributed by atoms with Crippen LogP contribution < -0.4 is 9.47 Å². The lowest BCUT2D eigenvalue weighted by molar-refractivity contribution is 0.104. The van der Waals surface area contributed by atoms with Crippen LogP contribution in [0.15, 0.2) is 54.1 Å². The average molecular weight is 307 g/mol. The van der Waals surface area contributed by atoms with Gasteiger partial charge >= 0.3 is 0 Å². The van der Waals surface area contributed by atoms with Crippen molar-refractivity contribution >= 4 is 11.9 Å². The number of benzene rings is 2. The third kappa shape index (κ3) is 3.78. The summed E-state index contributed by atoms with van der Waals surface area (Å²) < 4.78 is 10.9. The Hall–Kier alpha value is -3.06. The number of ketones is 1. The van der Waals surface area contributed by atoms with E-state index in [0.29, 0.717) is 29.2 Å². The highest BCUT2D eigenvalue weighted by Crippen LogP contribution is 2.32. The van der Waals surface area contributed by atoms with Gasteiger partial charge < -0.3 is 9.47 Å². The van der Waals surface area contributed by atoms with Gasteiger partial charge in [-0.3, -0.25) is 4.79 Å². The molecule has 0 aliphatic heterocycles. The second-order valence-electron chi connectivity index (χ2n) is 4.68. The van der Waals surface area contributed by atoms with Gasteiger partial charge in [-0.05, 0) is 19.1 Å². The normalized spacial score (nSPS) is 10.7. The first-order chi connectivity index (χ1) is 11.2. The van der Waals surface area contributed by atoms with Crippen molar-refractivity contribution in [2.24, 2.45) is 0 Å². The zero-order valence-corrected chi connectivity index (χ0v) is 13.1. The Morgan fingerprint density at radius 1 is 1.17 bits per heavy atom. The highest BCUT2D eigenvalue weighted by Gasteiger charge is 2.14. The number of nitrogens with zero attached hydrogens (tertiary/aromatic N) is 1. The molecule has 4 heteroatoms. The van der Waals surface area contributed by atoms with Gasteiger partial charge in [-0.25, -0.2) is 0 Å². The molecule has 0 N–H and O–H groups in total. The van der Waals surface area contributed by atoms with E-state index in [2.05, 4.69) is 0 Å². The van der Waals surface area contributed by atoms with Gasteiger partial charge in [0.2, 0.25) is 5.78 Å². The van der Waals surface area contributed by atoms with E-state index >= 15 is 0 Å². The van der Waals surface area contributed by atoms with E-state index in [1.165, 1.54) is 6.08 Å². The molecule has 0 saturated heterocycles. The van der Waals surface area contributed by atoms with Crippen LogP contribution in [0.2, 0.25) is 0 Å². The van der Waals surface area contributed by atoms with Crippen LogP contribution in [-0.2, 0) is 0 Å². The monoisotopic (exact) mass is 307 g/mol. The molecule has 2 aromatic rings. The SMILES string of the molecule is CCOc1c(C=C(C#N)C(=O)c2ccccc2)cccc1OC. The second kappa shape index (κ2) is 7.81. The Morgan fingerprint density at radius 2 is 1.91 bits per heavy atom. The Balaban J connectivity index is 2.47. The summed E-state index contributed by atoms with van der Waals surface area (Å²) in [6.45, 7) is 2.32. The number of Topliss-reactive ketones (excluding diaryl/α,β-unsaturated/α-hetero) is 1. The number of ether oxygens (including phenoxy) is 2. The van der Waals surface area contributed by atoms with Crippen LogP contribution in [0.1, 0.15) is 22.8 Å². The number of methoxy groups -OCH3 is 1. The number of nitriles is 1. The number of hydrogen-bond donors (Lipinski definition) is 0. The largest absolute Gasteiger partial charge is 0.493 e. The maximum atomic E-state index is 12.4. The lowest BCUT2D eigenvalue weighted by Crippen LogP contribution is -2.02. The van der Waals surface area contributed by atoms with Crippen molar-refractivity contribution in [3.8, 4) is 17.6 Å². The molecule has 116 valence electrons. The Kier molecular flexibility index (Phi) is 5.54. The van der Waals surface area contributed by atoms with Gasteiger partial charge in [-0.15, -0.1) is 0 Å². The van der Waals surface area contributed by atoms with Crippen LogP contribution >= 0.6 is 0 Å². The molecular formula is C19H17NO3. The minimum Gasteiger partial charge on any atom is -0.493 e. The molecule has 0 atom stereocenters. The molecule has 0 amide bonds. The van der Waals surface area contributed by atoms with Gasteiger partial charge in [0.15, 0.2) is 11.5 Å². The van der Waals surface area contributed by atoms with Crippen molar-refractivity contribution < 1.29 is 14.3 Å². The molecule has 4 nitrogen and oxygen atoms in total. The Bertz CT molecular complexity index is 758. The van der Waals surface area contributed by atoms with Crippen molar-refractivity contribution in [3.05, 3.63) is 65.2 Å². The van der Waals surface area contributed by atoms with E-state index < -0.39 is 0 Å². The summed E-state index contributed by atoms with van der Waals surface area (Å²) in [5.41, 5.74) is 1.15. The molecule has 0 aromatic heterocycles. The van der Waals surface area contributed by atoms with Gasteiger partial charge in [-0.1, -0.05) is 42.5 Å². The highest BCUT2D eigenvalue weighted by molar-refractivity contribution is 6.14. The minimum atomic E-state index is -0.321. The Labute approximate surface area is 135 Å². The zero-order valence-electron chi connectivity index (χ0n) is 13.1. The maximum absolute atomic E-state index is 12.4. The predicted molar refractivity (Wildman–Crippen MR) is 88.5 cm³/mol. The van der Waals surface area contributed by atoms with Gasteiger partial charge in [0, 0.05) is 11.1 Å². The molecule has 0 radical (unpaired) electrons. The molecule has 0 saturated carbocycles. The highest BCUT2D eigenvalue weighted by atomic mass is 16.5. The molecular weight excluding hydrogens is 290 g/mol. The van der Waals surface area contributed by atoms with Crippen LogP contribution in [0.25, 0.3) is 6.08 Å². The van der Waals surface area contributed by atoms with E-state index in [9.17, 15) is 10.1 Å². The van der Waals surface area contributed by atoms with Crippen molar-refractivity contribution in [1.29, 1.82) is 5.26 Å². The van der Waals surface area contributed by atoms with Crippen LogP contribution in [0, 0.1) is 11.3 Å². The molecule has 2 aromatic carbocycles. The minimum absolute atomic E-state index is 0.0467. The van der Waals surface area contributed by atoms with E-state index in [-0.39, 0.29) is 11.4 Å². The molecule has 0 spiro atoms. The summed E-state index contributed by atoms with van der Waals surface area (Å²) in [7, 11) is 1.55. The molecule has 0 fully saturated rings. The summed E-state index contributed by atoms with van der Waals surface area (Å²) in [5, 5.41) is 9.36. The fraction of sp³-hybridized carbons (Fsp3) is 0.158. The summed E-state index contributed by atoms with van der Waals surface area (Å²) >= 11 is 0. The van der Waals surface area contributed by atoms with E-state index in [4.69, 9.17) is 9.47 Å². The lowest BCUT2D eigenvalue weighted by atomic mass is 10.0. The van der Waals surface area contributed by atoms with Crippen molar-refractivity contribution in [3.63, 3.8) is 0 Å². The molecule has 0 heterocycles. The fourth-order valence-electron chi connectivity index (χ4n) is 2.16. The number of carbonyl (C=O) groups is 1. The molecule has 0 aliphatic carbocycles. The smallest absolute Gasteiger partial charge is 0.203 e.